The van der Waals surface area contributed by atoms with Crippen molar-refractivity contribution in [2.45, 2.75) is 13.3 Å². The van der Waals surface area contributed by atoms with Gasteiger partial charge in [-0.2, -0.15) is 0 Å². The summed E-state index contributed by atoms with van der Waals surface area (Å²) in [5, 5.41) is 0.506. The van der Waals surface area contributed by atoms with E-state index in [4.69, 9.17) is 17.3 Å². The first-order valence-electron chi connectivity index (χ1n) is 3.70. The van der Waals surface area contributed by atoms with Crippen molar-refractivity contribution < 1.29 is 8.42 Å². The summed E-state index contributed by atoms with van der Waals surface area (Å²) in [6.07, 6.45) is 2.00. The van der Waals surface area contributed by atoms with Crippen molar-refractivity contribution in [1.82, 2.24) is 0 Å². The highest BCUT2D eigenvalue weighted by Crippen LogP contribution is 2.01. The van der Waals surface area contributed by atoms with Gasteiger partial charge in [0.15, 0.2) is 9.84 Å². The summed E-state index contributed by atoms with van der Waals surface area (Å²) in [6, 6.07) is 0. The highest BCUT2D eigenvalue weighted by molar-refractivity contribution is 7.91. The van der Waals surface area contributed by atoms with Crippen LogP contribution in [0.3, 0.4) is 0 Å². The molecule has 0 radical (unpaired) electrons. The van der Waals surface area contributed by atoms with Crippen LogP contribution in [0.5, 0.6) is 0 Å². The summed E-state index contributed by atoms with van der Waals surface area (Å²) in [7, 11) is -2.98. The average molecular weight is 212 g/mol. The molecule has 72 valence electrons. The standard InChI is InChI=1S/C7H14ClNO2S/c1-7(8)3-6-12(10,11)5-2-4-9/h3H,2,4-6,9H2,1H3. The third kappa shape index (κ3) is 6.64. The van der Waals surface area contributed by atoms with Crippen LogP contribution in [0, 0.1) is 0 Å². The zero-order chi connectivity index (χ0) is 9.61. The van der Waals surface area contributed by atoms with Crippen LogP contribution in [0.2, 0.25) is 0 Å². The van der Waals surface area contributed by atoms with Crippen LogP contribution in [0.4, 0.5) is 0 Å². The molecule has 0 spiro atoms. The molecule has 2 N–H and O–H groups in total. The molecule has 0 atom stereocenters. The van der Waals surface area contributed by atoms with Gasteiger partial charge < -0.3 is 5.73 Å². The van der Waals surface area contributed by atoms with E-state index in [0.29, 0.717) is 18.0 Å². The molecule has 0 amide bonds. The average Bonchev–Trinajstić information content (AvgIpc) is 1.98. The number of halogens is 1. The number of allylic oxidation sites excluding steroid dienone is 1. The third-order valence-corrected chi connectivity index (χ3v) is 3.02. The maximum absolute atomic E-state index is 11.1. The zero-order valence-corrected chi connectivity index (χ0v) is 8.66. The second-order valence-electron chi connectivity index (χ2n) is 2.55. The first kappa shape index (κ1) is 11.9. The second kappa shape index (κ2) is 5.56. The third-order valence-electron chi connectivity index (χ3n) is 1.28. The Morgan fingerprint density at radius 1 is 1.58 bits per heavy atom. The molecule has 0 bridgehead atoms. The van der Waals surface area contributed by atoms with Gasteiger partial charge >= 0.3 is 0 Å². The van der Waals surface area contributed by atoms with E-state index in [1.54, 1.807) is 6.92 Å². The van der Waals surface area contributed by atoms with E-state index in [2.05, 4.69) is 0 Å². The molecule has 0 aliphatic carbocycles. The van der Waals surface area contributed by atoms with Crippen molar-refractivity contribution in [2.24, 2.45) is 5.73 Å². The van der Waals surface area contributed by atoms with Gasteiger partial charge in [0.25, 0.3) is 0 Å². The molecule has 0 aromatic heterocycles. The van der Waals surface area contributed by atoms with Crippen LogP contribution in [-0.2, 0) is 9.84 Å². The first-order chi connectivity index (χ1) is 5.48. The van der Waals surface area contributed by atoms with Gasteiger partial charge in [0.05, 0.1) is 11.5 Å². The van der Waals surface area contributed by atoms with Crippen molar-refractivity contribution in [3.8, 4) is 0 Å². The lowest BCUT2D eigenvalue weighted by atomic mass is 10.5. The van der Waals surface area contributed by atoms with Crippen molar-refractivity contribution in [2.75, 3.05) is 18.1 Å². The summed E-state index contributed by atoms with van der Waals surface area (Å²) >= 11 is 5.49. The molecular formula is C7H14ClNO2S. The molecule has 12 heavy (non-hydrogen) atoms. The Balaban J connectivity index is 3.98. The maximum atomic E-state index is 11.1. The van der Waals surface area contributed by atoms with Gasteiger partial charge in [-0.05, 0) is 19.9 Å². The van der Waals surface area contributed by atoms with Crippen molar-refractivity contribution in [1.29, 1.82) is 0 Å². The first-order valence-corrected chi connectivity index (χ1v) is 5.90. The van der Waals surface area contributed by atoms with Gasteiger partial charge in [-0.25, -0.2) is 8.42 Å². The van der Waals surface area contributed by atoms with E-state index in [-0.39, 0.29) is 11.5 Å². The van der Waals surface area contributed by atoms with Gasteiger partial charge in [-0.1, -0.05) is 17.7 Å². The largest absolute Gasteiger partial charge is 0.330 e. The van der Waals surface area contributed by atoms with Crippen LogP contribution in [-0.4, -0.2) is 26.5 Å². The summed E-state index contributed by atoms with van der Waals surface area (Å²) in [4.78, 5) is 0. The lowest BCUT2D eigenvalue weighted by molar-refractivity contribution is 0.596. The number of hydrogen-bond acceptors (Lipinski definition) is 3. The minimum atomic E-state index is -2.98. The molecule has 0 aromatic carbocycles. The molecule has 0 saturated carbocycles. The number of hydrogen-bond donors (Lipinski definition) is 1. The van der Waals surface area contributed by atoms with Crippen molar-refractivity contribution >= 4 is 21.4 Å². The monoisotopic (exact) mass is 211 g/mol. The van der Waals surface area contributed by atoms with Crippen LogP contribution in [0.15, 0.2) is 11.1 Å². The fraction of sp³-hybridized carbons (Fsp3) is 0.714. The molecule has 0 fully saturated rings. The molecule has 0 unspecified atom stereocenters. The van der Waals surface area contributed by atoms with E-state index in [1.165, 1.54) is 6.08 Å². The predicted molar refractivity (Wildman–Crippen MR) is 51.9 cm³/mol. The highest BCUT2D eigenvalue weighted by atomic mass is 35.5. The minimum absolute atomic E-state index is 0.0162. The van der Waals surface area contributed by atoms with Crippen molar-refractivity contribution in [3.05, 3.63) is 11.1 Å². The van der Waals surface area contributed by atoms with Gasteiger partial charge in [0.1, 0.15) is 0 Å². The Labute approximate surface area is 78.5 Å². The molecule has 0 aromatic rings. The van der Waals surface area contributed by atoms with Gasteiger partial charge in [-0.3, -0.25) is 0 Å². The van der Waals surface area contributed by atoms with Crippen LogP contribution in [0.25, 0.3) is 0 Å². The predicted octanol–water partition coefficient (Wildman–Crippen LogP) is 0.893. The van der Waals surface area contributed by atoms with E-state index < -0.39 is 9.84 Å². The van der Waals surface area contributed by atoms with E-state index in [0.717, 1.165) is 0 Å². The number of sulfone groups is 1. The second-order valence-corrected chi connectivity index (χ2v) is 5.37. The Bertz CT molecular complexity index is 242. The fourth-order valence-electron chi connectivity index (χ4n) is 0.628. The Hall–Kier alpha value is -0.0600. The fourth-order valence-corrected chi connectivity index (χ4v) is 2.07. The van der Waals surface area contributed by atoms with E-state index >= 15 is 0 Å². The molecule has 5 heteroatoms. The van der Waals surface area contributed by atoms with Gasteiger partial charge in [0.2, 0.25) is 0 Å². The maximum Gasteiger partial charge on any atom is 0.153 e. The van der Waals surface area contributed by atoms with E-state index in [1.807, 2.05) is 0 Å². The molecule has 0 aliphatic rings. The summed E-state index contributed by atoms with van der Waals surface area (Å²) in [5.74, 6) is 0.159. The normalized spacial score (nSPS) is 13.4. The molecule has 0 aliphatic heterocycles. The molecule has 0 saturated heterocycles. The molecule has 0 rings (SSSR count). The molecule has 3 nitrogen and oxygen atoms in total. The minimum Gasteiger partial charge on any atom is -0.330 e. The quantitative estimate of drug-likeness (QED) is 0.735. The lowest BCUT2D eigenvalue weighted by Gasteiger charge is -1.98. The van der Waals surface area contributed by atoms with Crippen LogP contribution < -0.4 is 5.73 Å². The summed E-state index contributed by atoms with van der Waals surface area (Å²) in [6.45, 7) is 2.06. The van der Waals surface area contributed by atoms with Crippen molar-refractivity contribution in [3.63, 3.8) is 0 Å². The van der Waals surface area contributed by atoms with Gasteiger partial charge in [0, 0.05) is 5.03 Å². The molecule has 0 heterocycles. The topological polar surface area (TPSA) is 60.2 Å². The highest BCUT2D eigenvalue weighted by Gasteiger charge is 2.07. The number of rotatable bonds is 5. The Kier molecular flexibility index (Phi) is 5.53. The lowest BCUT2D eigenvalue weighted by Crippen LogP contribution is -2.13. The smallest absolute Gasteiger partial charge is 0.153 e. The van der Waals surface area contributed by atoms with Crippen LogP contribution in [0.1, 0.15) is 13.3 Å². The van der Waals surface area contributed by atoms with Crippen LogP contribution >= 0.6 is 11.6 Å². The summed E-state index contributed by atoms with van der Waals surface area (Å²) in [5.41, 5.74) is 5.19. The van der Waals surface area contributed by atoms with Gasteiger partial charge in [-0.15, -0.1) is 0 Å². The zero-order valence-electron chi connectivity index (χ0n) is 7.09. The molecular weight excluding hydrogens is 198 g/mol. The number of nitrogens with two attached hydrogens (primary N) is 1. The summed E-state index contributed by atoms with van der Waals surface area (Å²) < 4.78 is 22.3. The van der Waals surface area contributed by atoms with E-state index in [9.17, 15) is 8.42 Å². The SMILES string of the molecule is CC(Cl)=CCS(=O)(=O)CCCN. The Morgan fingerprint density at radius 3 is 2.58 bits per heavy atom. The Morgan fingerprint density at radius 2 is 2.17 bits per heavy atom.